The Labute approximate surface area is 270 Å². The molecule has 0 bridgehead atoms. The summed E-state index contributed by atoms with van der Waals surface area (Å²) in [4.78, 5) is 4.50. The second kappa shape index (κ2) is 9.65. The Balaban J connectivity index is 1.59. The molecule has 0 spiro atoms. The normalized spacial score (nSPS) is 15.6. The molecule has 0 aliphatic rings. The number of benzene rings is 8. The van der Waals surface area contributed by atoms with Crippen molar-refractivity contribution in [1.82, 2.24) is 9.55 Å². The van der Waals surface area contributed by atoms with Crippen molar-refractivity contribution < 1.29 is 15.1 Å². The molecule has 1 heterocycles. The van der Waals surface area contributed by atoms with E-state index in [4.69, 9.17) is 9.60 Å². The van der Waals surface area contributed by atoms with E-state index >= 15 is 0 Å². The van der Waals surface area contributed by atoms with Gasteiger partial charge in [-0.2, -0.15) is 0 Å². The fourth-order valence-corrected chi connectivity index (χ4v) is 6.57. The zero-order chi connectivity index (χ0) is 38.7. The van der Waals surface area contributed by atoms with E-state index in [0.717, 1.165) is 21.5 Å². The van der Waals surface area contributed by atoms with Crippen LogP contribution < -0.4 is 0 Å². The molecule has 0 saturated heterocycles. The van der Waals surface area contributed by atoms with E-state index < -0.39 is 43.1 Å². The van der Waals surface area contributed by atoms with E-state index in [1.807, 2.05) is 54.6 Å². The van der Waals surface area contributed by atoms with Crippen LogP contribution in [0.1, 0.15) is 20.9 Å². The Kier molecular flexibility index (Phi) is 3.56. The first-order chi connectivity index (χ1) is 26.3. The van der Waals surface area contributed by atoms with Crippen molar-refractivity contribution in [3.63, 3.8) is 0 Å². The number of fused-ring (bicyclic) bond motifs is 6. The van der Waals surface area contributed by atoms with E-state index in [1.165, 1.54) is 4.57 Å². The van der Waals surface area contributed by atoms with Gasteiger partial charge in [-0.05, 0) is 90.9 Å². The molecule has 0 aliphatic heterocycles. The first-order valence-electron chi connectivity index (χ1n) is 19.8. The van der Waals surface area contributed by atoms with Crippen molar-refractivity contribution >= 4 is 54.1 Å². The first kappa shape index (κ1) is 16.2. The van der Waals surface area contributed by atoms with Crippen molar-refractivity contribution in [2.75, 3.05) is 0 Å². The third-order valence-corrected chi connectivity index (χ3v) is 8.39. The lowest BCUT2D eigenvalue weighted by Gasteiger charge is -2.21. The molecule has 0 N–H and O–H groups in total. The lowest BCUT2D eigenvalue weighted by Crippen LogP contribution is -2.00. The molecule has 0 atom stereocenters. The van der Waals surface area contributed by atoms with Crippen LogP contribution in [0.3, 0.4) is 0 Å². The molecule has 0 aliphatic carbocycles. The van der Waals surface area contributed by atoms with Crippen LogP contribution in [0.2, 0.25) is 0 Å². The van der Waals surface area contributed by atoms with E-state index in [2.05, 4.69) is 4.98 Å². The van der Waals surface area contributed by atoms with Crippen molar-refractivity contribution in [3.8, 4) is 27.9 Å². The second-order valence-electron chi connectivity index (χ2n) is 10.7. The zero-order valence-corrected chi connectivity index (χ0v) is 23.2. The van der Waals surface area contributed by atoms with Crippen LogP contribution in [0.5, 0.6) is 0 Å². The molecule has 44 heavy (non-hydrogen) atoms. The molecule has 8 aromatic carbocycles. The van der Waals surface area contributed by atoms with Gasteiger partial charge in [0, 0.05) is 9.68 Å². The summed E-state index contributed by atoms with van der Waals surface area (Å²) in [6.07, 6.45) is 0. The molecule has 0 radical (unpaired) electrons. The predicted molar refractivity (Wildman–Crippen MR) is 187 cm³/mol. The monoisotopic (exact) mass is 571 g/mol. The van der Waals surface area contributed by atoms with E-state index in [9.17, 15) is 5.48 Å². The third kappa shape index (κ3) is 3.58. The number of nitrogens with zero attached hydrogens (tertiary/aromatic N) is 2. The first-order valence-corrected chi connectivity index (χ1v) is 14.3. The number of hydrogen-bond acceptors (Lipinski definition) is 1. The highest BCUT2D eigenvalue weighted by Crippen LogP contribution is 2.47. The molecule has 9 rings (SSSR count). The molecular weight excluding hydrogens is 532 g/mol. The summed E-state index contributed by atoms with van der Waals surface area (Å²) in [6, 6.07) is 27.3. The molecule has 0 fully saturated rings. The SMILES string of the molecule is [2H]c1c([2H])c([2H])c2c(-c3cc4ccccc4c4ccccc34)c3c([2H])c([2H])c([2H])c([2H])c3c(-c3ccccc3-n3c(C([2H])([2H])[2H])nc4ccccc43)c2c1[2H]. The highest BCUT2D eigenvalue weighted by Gasteiger charge is 2.21. The van der Waals surface area contributed by atoms with Gasteiger partial charge >= 0.3 is 0 Å². The van der Waals surface area contributed by atoms with E-state index in [0.29, 0.717) is 22.3 Å². The van der Waals surface area contributed by atoms with Crippen LogP contribution >= 0.6 is 0 Å². The van der Waals surface area contributed by atoms with Gasteiger partial charge in [-0.3, -0.25) is 4.57 Å². The number of para-hydroxylation sites is 3. The quantitative estimate of drug-likeness (QED) is 0.152. The number of aryl methyl sites for hydroxylation is 1. The fourth-order valence-electron chi connectivity index (χ4n) is 6.57. The van der Waals surface area contributed by atoms with Crippen LogP contribution in [-0.2, 0) is 0 Å². The van der Waals surface area contributed by atoms with Gasteiger partial charge in [0.15, 0.2) is 0 Å². The molecule has 9 aromatic rings. The molecule has 2 nitrogen and oxygen atoms in total. The Morgan fingerprint density at radius 3 is 1.84 bits per heavy atom. The minimum absolute atomic E-state index is 0.0306. The summed E-state index contributed by atoms with van der Waals surface area (Å²) in [6.45, 7) is -2.68. The summed E-state index contributed by atoms with van der Waals surface area (Å²) in [5.41, 5.74) is 2.36. The third-order valence-electron chi connectivity index (χ3n) is 8.39. The summed E-state index contributed by atoms with van der Waals surface area (Å²) >= 11 is 0. The number of imidazole rings is 1. The molecular formula is C42H28N2. The maximum absolute atomic E-state index is 9.49. The van der Waals surface area contributed by atoms with Gasteiger partial charge in [0.2, 0.25) is 0 Å². The van der Waals surface area contributed by atoms with Crippen molar-refractivity contribution in [3.05, 3.63) is 157 Å². The maximum Gasteiger partial charge on any atom is 0.111 e. The van der Waals surface area contributed by atoms with Gasteiger partial charge in [0.05, 0.1) is 27.7 Å². The molecule has 0 amide bonds. The van der Waals surface area contributed by atoms with Crippen LogP contribution in [0, 0.1) is 6.85 Å². The van der Waals surface area contributed by atoms with Gasteiger partial charge in [-0.25, -0.2) is 4.98 Å². The number of hydrogen-bond donors (Lipinski definition) is 0. The molecule has 206 valence electrons. The van der Waals surface area contributed by atoms with Gasteiger partial charge in [0.1, 0.15) is 5.82 Å². The van der Waals surface area contributed by atoms with Gasteiger partial charge in [-0.15, -0.1) is 0 Å². The molecule has 2 heteroatoms. The van der Waals surface area contributed by atoms with Crippen LogP contribution in [-0.4, -0.2) is 9.55 Å². The number of rotatable bonds is 3. The Morgan fingerprint density at radius 1 is 0.545 bits per heavy atom. The van der Waals surface area contributed by atoms with Gasteiger partial charge < -0.3 is 0 Å². The Hall–Kier alpha value is -5.73. The summed E-state index contributed by atoms with van der Waals surface area (Å²) in [5.74, 6) is -0.238. The van der Waals surface area contributed by atoms with Crippen molar-refractivity contribution in [2.45, 2.75) is 6.85 Å². The van der Waals surface area contributed by atoms with Crippen LogP contribution in [0.15, 0.2) is 151 Å². The van der Waals surface area contributed by atoms with E-state index in [-0.39, 0.29) is 56.1 Å². The highest BCUT2D eigenvalue weighted by molar-refractivity contribution is 6.26. The summed E-state index contributed by atoms with van der Waals surface area (Å²) in [5, 5.41) is 3.56. The molecule has 1 aromatic heterocycles. The summed E-state index contributed by atoms with van der Waals surface area (Å²) < 4.78 is 100. The molecule has 0 saturated carbocycles. The van der Waals surface area contributed by atoms with Crippen LogP contribution in [0.25, 0.3) is 82.1 Å². The number of aromatic nitrogens is 2. The average Bonchev–Trinajstić information content (AvgIpc) is 3.60. The zero-order valence-electron chi connectivity index (χ0n) is 34.2. The Morgan fingerprint density at radius 2 is 1.11 bits per heavy atom. The van der Waals surface area contributed by atoms with Crippen molar-refractivity contribution in [2.24, 2.45) is 0 Å². The average molecular weight is 572 g/mol. The van der Waals surface area contributed by atoms with Gasteiger partial charge in [0.25, 0.3) is 0 Å². The predicted octanol–water partition coefficient (Wildman–Crippen LogP) is 11.3. The fraction of sp³-hybridized carbons (Fsp3) is 0.0238. The topological polar surface area (TPSA) is 17.8 Å². The minimum atomic E-state index is -2.68. The highest BCUT2D eigenvalue weighted by atomic mass is 15.1. The van der Waals surface area contributed by atoms with Crippen LogP contribution in [0.4, 0.5) is 0 Å². The van der Waals surface area contributed by atoms with Gasteiger partial charge in [-0.1, -0.05) is 127 Å². The Bertz CT molecular complexity index is 3050. The second-order valence-corrected chi connectivity index (χ2v) is 10.7. The van der Waals surface area contributed by atoms with Crippen molar-refractivity contribution in [1.29, 1.82) is 0 Å². The maximum atomic E-state index is 9.49. The largest absolute Gasteiger partial charge is 0.296 e. The minimum Gasteiger partial charge on any atom is -0.296 e. The lowest BCUT2D eigenvalue weighted by atomic mass is 9.83. The lowest BCUT2D eigenvalue weighted by molar-refractivity contribution is 1.00. The van der Waals surface area contributed by atoms with E-state index in [1.54, 1.807) is 48.5 Å². The standard InChI is InChI=1S/C42H28N2/c1-27-43-38-23-11-13-25-40(38)44(27)39-24-12-10-22-36(39)41-32-18-6-8-20-34(32)42(35-21-9-7-19-33(35)41)37-26-28-14-2-3-15-29(28)30-16-4-5-17-31(30)37/h2-26H,1H3/i1D3,6D,7D,8D,9D,18D,19D,20D,21D. The smallest absolute Gasteiger partial charge is 0.111 e. The summed E-state index contributed by atoms with van der Waals surface area (Å²) in [7, 11) is 0. The molecule has 0 unspecified atom stereocenters.